The van der Waals surface area contributed by atoms with E-state index in [-0.39, 0.29) is 0 Å². The first kappa shape index (κ1) is 12.5. The minimum absolute atomic E-state index is 0.773. The van der Waals surface area contributed by atoms with Gasteiger partial charge in [-0.2, -0.15) is 0 Å². The van der Waals surface area contributed by atoms with Gasteiger partial charge in [0.1, 0.15) is 0 Å². The molecule has 23 heavy (non-hydrogen) atoms. The topological polar surface area (TPSA) is 48.6 Å². The predicted octanol–water partition coefficient (Wildman–Crippen LogP) is 5.08. The van der Waals surface area contributed by atoms with Crippen molar-refractivity contribution in [3.8, 4) is 0 Å². The van der Waals surface area contributed by atoms with E-state index in [1.807, 2.05) is 37.3 Å². The number of nitrogens with one attached hydrogen (secondary N) is 2. The summed E-state index contributed by atoms with van der Waals surface area (Å²) in [5.41, 5.74) is 6.02. The van der Waals surface area contributed by atoms with Crippen LogP contribution in [-0.2, 0) is 0 Å². The standard InChI is InChI=1S/C20H14N2O/c1-11-14(10-23)18-13-7-3-5-9-16(13)22-20(18)19-17(11)12-6-2-4-8-15(12)21-19/h2-10,21-22H,1H3. The van der Waals surface area contributed by atoms with Crippen LogP contribution < -0.4 is 0 Å². The summed E-state index contributed by atoms with van der Waals surface area (Å²) < 4.78 is 0. The molecule has 5 rings (SSSR count). The maximum absolute atomic E-state index is 11.9. The van der Waals surface area contributed by atoms with E-state index in [9.17, 15) is 4.79 Å². The Labute approximate surface area is 131 Å². The van der Waals surface area contributed by atoms with Gasteiger partial charge >= 0.3 is 0 Å². The highest BCUT2D eigenvalue weighted by Crippen LogP contribution is 2.39. The van der Waals surface area contributed by atoms with E-state index in [2.05, 4.69) is 28.2 Å². The van der Waals surface area contributed by atoms with Crippen LogP contribution in [-0.4, -0.2) is 16.3 Å². The molecule has 5 aromatic rings. The van der Waals surface area contributed by atoms with Gasteiger partial charge < -0.3 is 9.97 Å². The van der Waals surface area contributed by atoms with E-state index in [0.717, 1.165) is 61.0 Å². The molecule has 0 unspecified atom stereocenters. The highest BCUT2D eigenvalue weighted by Gasteiger charge is 2.18. The molecule has 0 aliphatic rings. The van der Waals surface area contributed by atoms with Gasteiger partial charge in [0.05, 0.1) is 11.0 Å². The van der Waals surface area contributed by atoms with E-state index in [1.54, 1.807) is 0 Å². The second-order valence-corrected chi connectivity index (χ2v) is 6.00. The molecule has 2 aromatic heterocycles. The summed E-state index contributed by atoms with van der Waals surface area (Å²) in [4.78, 5) is 18.9. The first-order valence-corrected chi connectivity index (χ1v) is 7.68. The molecule has 0 saturated carbocycles. The third-order valence-corrected chi connectivity index (χ3v) is 4.83. The maximum Gasteiger partial charge on any atom is 0.151 e. The molecule has 0 spiro atoms. The smallest absolute Gasteiger partial charge is 0.151 e. The largest absolute Gasteiger partial charge is 0.353 e. The Kier molecular flexibility index (Phi) is 2.29. The lowest BCUT2D eigenvalue weighted by Crippen LogP contribution is -1.90. The van der Waals surface area contributed by atoms with Crippen LogP contribution in [0.3, 0.4) is 0 Å². The average molecular weight is 298 g/mol. The number of para-hydroxylation sites is 2. The molecule has 2 N–H and O–H groups in total. The molecule has 0 radical (unpaired) electrons. The Bertz CT molecular complexity index is 1240. The van der Waals surface area contributed by atoms with Crippen molar-refractivity contribution in [2.45, 2.75) is 6.92 Å². The first-order chi connectivity index (χ1) is 11.3. The van der Waals surface area contributed by atoms with Crippen molar-refractivity contribution < 1.29 is 4.79 Å². The zero-order valence-electron chi connectivity index (χ0n) is 12.6. The molecule has 0 bridgehead atoms. The third-order valence-electron chi connectivity index (χ3n) is 4.83. The van der Waals surface area contributed by atoms with Gasteiger partial charge in [-0.1, -0.05) is 36.4 Å². The van der Waals surface area contributed by atoms with Gasteiger partial charge in [0.2, 0.25) is 0 Å². The molecular formula is C20H14N2O. The summed E-state index contributed by atoms with van der Waals surface area (Å²) in [6.07, 6.45) is 0.985. The second kappa shape index (κ2) is 4.23. The molecule has 0 amide bonds. The molecule has 3 aromatic carbocycles. The van der Waals surface area contributed by atoms with E-state index in [1.165, 1.54) is 0 Å². The molecule has 3 heteroatoms. The summed E-state index contributed by atoms with van der Waals surface area (Å²) in [6.45, 7) is 2.04. The summed E-state index contributed by atoms with van der Waals surface area (Å²) in [6, 6.07) is 16.4. The summed E-state index contributed by atoms with van der Waals surface area (Å²) >= 11 is 0. The summed E-state index contributed by atoms with van der Waals surface area (Å²) in [5, 5.41) is 4.38. The lowest BCUT2D eigenvalue weighted by molar-refractivity contribution is 0.112. The van der Waals surface area contributed by atoms with Gasteiger partial charge in [0.25, 0.3) is 0 Å². The number of benzene rings is 3. The highest BCUT2D eigenvalue weighted by molar-refractivity contribution is 6.27. The number of aromatic amines is 2. The van der Waals surface area contributed by atoms with Crippen molar-refractivity contribution in [1.29, 1.82) is 0 Å². The van der Waals surface area contributed by atoms with E-state index >= 15 is 0 Å². The van der Waals surface area contributed by atoms with Gasteiger partial charge in [-0.05, 0) is 24.6 Å². The fourth-order valence-electron chi connectivity index (χ4n) is 3.80. The summed E-state index contributed by atoms with van der Waals surface area (Å²) in [7, 11) is 0. The Balaban J connectivity index is 2.19. The number of rotatable bonds is 1. The van der Waals surface area contributed by atoms with Crippen molar-refractivity contribution in [3.05, 3.63) is 59.7 Å². The third kappa shape index (κ3) is 1.46. The minimum atomic E-state index is 0.773. The van der Waals surface area contributed by atoms with Crippen LogP contribution in [0.25, 0.3) is 43.6 Å². The lowest BCUT2D eigenvalue weighted by atomic mass is 9.97. The Morgan fingerprint density at radius 3 is 1.91 bits per heavy atom. The van der Waals surface area contributed by atoms with Crippen molar-refractivity contribution in [2.75, 3.05) is 0 Å². The average Bonchev–Trinajstić information content (AvgIpc) is 3.14. The fraction of sp³-hybridized carbons (Fsp3) is 0.0500. The highest BCUT2D eigenvalue weighted by atomic mass is 16.1. The number of hydrogen-bond acceptors (Lipinski definition) is 1. The quantitative estimate of drug-likeness (QED) is 0.417. The van der Waals surface area contributed by atoms with Gasteiger partial charge in [0.15, 0.2) is 6.29 Å². The van der Waals surface area contributed by atoms with Crippen LogP contribution in [0, 0.1) is 6.92 Å². The first-order valence-electron chi connectivity index (χ1n) is 7.68. The van der Waals surface area contributed by atoms with Crippen LogP contribution in [0.1, 0.15) is 15.9 Å². The minimum Gasteiger partial charge on any atom is -0.353 e. The van der Waals surface area contributed by atoms with Gasteiger partial charge in [-0.15, -0.1) is 0 Å². The molecule has 3 nitrogen and oxygen atoms in total. The van der Waals surface area contributed by atoms with Crippen LogP contribution >= 0.6 is 0 Å². The number of aryl methyl sites for hydroxylation is 1. The molecule has 110 valence electrons. The molecule has 2 heterocycles. The summed E-state index contributed by atoms with van der Waals surface area (Å²) in [5.74, 6) is 0. The normalized spacial score (nSPS) is 11.9. The van der Waals surface area contributed by atoms with Crippen LogP contribution in [0.15, 0.2) is 48.5 Å². The number of aldehydes is 1. The number of H-pyrrole nitrogens is 2. The Hall–Kier alpha value is -3.07. The Morgan fingerprint density at radius 2 is 1.30 bits per heavy atom. The van der Waals surface area contributed by atoms with Crippen molar-refractivity contribution in [1.82, 2.24) is 9.97 Å². The molecular weight excluding hydrogens is 284 g/mol. The fourth-order valence-corrected chi connectivity index (χ4v) is 3.80. The van der Waals surface area contributed by atoms with Crippen LogP contribution in [0.4, 0.5) is 0 Å². The zero-order chi connectivity index (χ0) is 15.6. The van der Waals surface area contributed by atoms with Gasteiger partial charge in [-0.3, -0.25) is 4.79 Å². The number of carbonyl (C=O) groups excluding carboxylic acids is 1. The number of fused-ring (bicyclic) bond motifs is 7. The number of aromatic nitrogens is 2. The van der Waals surface area contributed by atoms with E-state index in [4.69, 9.17) is 0 Å². The van der Waals surface area contributed by atoms with E-state index < -0.39 is 0 Å². The van der Waals surface area contributed by atoms with Gasteiger partial charge in [0, 0.05) is 38.1 Å². The number of carbonyl (C=O) groups is 1. The monoisotopic (exact) mass is 298 g/mol. The van der Waals surface area contributed by atoms with Gasteiger partial charge in [-0.25, -0.2) is 0 Å². The number of hydrogen-bond donors (Lipinski definition) is 2. The van der Waals surface area contributed by atoms with Crippen molar-refractivity contribution in [3.63, 3.8) is 0 Å². The second-order valence-electron chi connectivity index (χ2n) is 6.00. The molecule has 0 aliphatic carbocycles. The zero-order valence-corrected chi connectivity index (χ0v) is 12.6. The van der Waals surface area contributed by atoms with Crippen LogP contribution in [0.5, 0.6) is 0 Å². The SMILES string of the molecule is Cc1c(C=O)c2c3ccccc3[nH]c2c2[nH]c3ccccc3c12. The molecule has 0 aliphatic heterocycles. The molecule has 0 atom stereocenters. The predicted molar refractivity (Wildman–Crippen MR) is 95.3 cm³/mol. The molecule has 0 fully saturated rings. The molecule has 0 saturated heterocycles. The maximum atomic E-state index is 11.9. The van der Waals surface area contributed by atoms with Crippen LogP contribution in [0.2, 0.25) is 0 Å². The Morgan fingerprint density at radius 1 is 0.783 bits per heavy atom. The van der Waals surface area contributed by atoms with Crippen molar-refractivity contribution in [2.24, 2.45) is 0 Å². The van der Waals surface area contributed by atoms with Crippen molar-refractivity contribution >= 4 is 49.9 Å². The lowest BCUT2D eigenvalue weighted by Gasteiger charge is -2.05. The van der Waals surface area contributed by atoms with E-state index in [0.29, 0.717) is 0 Å².